The van der Waals surface area contributed by atoms with Crippen LogP contribution in [0.5, 0.6) is 11.5 Å². The van der Waals surface area contributed by atoms with E-state index in [9.17, 15) is 9.59 Å². The van der Waals surface area contributed by atoms with Crippen molar-refractivity contribution in [1.29, 1.82) is 0 Å². The fourth-order valence-electron chi connectivity index (χ4n) is 3.64. The van der Waals surface area contributed by atoms with Gasteiger partial charge in [-0.05, 0) is 68.1 Å². The lowest BCUT2D eigenvalue weighted by molar-refractivity contribution is -0.191. The van der Waals surface area contributed by atoms with E-state index in [0.717, 1.165) is 16.8 Å². The van der Waals surface area contributed by atoms with E-state index in [2.05, 4.69) is 10.3 Å². The molecule has 0 bridgehead atoms. The van der Waals surface area contributed by atoms with Crippen molar-refractivity contribution in [3.8, 4) is 22.8 Å². The summed E-state index contributed by atoms with van der Waals surface area (Å²) in [6.45, 7) is 7.12. The Labute approximate surface area is 209 Å². The summed E-state index contributed by atoms with van der Waals surface area (Å²) in [7, 11) is 0. The Kier molecular flexibility index (Phi) is 10.6. The summed E-state index contributed by atoms with van der Waals surface area (Å²) >= 11 is 0. The Morgan fingerprint density at radius 3 is 2.08 bits per heavy atom. The van der Waals surface area contributed by atoms with Gasteiger partial charge in [0, 0.05) is 19.4 Å². The van der Waals surface area contributed by atoms with Crippen LogP contribution in [0.1, 0.15) is 45.1 Å². The van der Waals surface area contributed by atoms with Crippen molar-refractivity contribution in [1.82, 2.24) is 10.3 Å². The zero-order valence-corrected chi connectivity index (χ0v) is 20.8. The van der Waals surface area contributed by atoms with Crippen LogP contribution < -0.4 is 10.1 Å². The third-order valence-corrected chi connectivity index (χ3v) is 5.45. The molecule has 1 heterocycles. The van der Waals surface area contributed by atoms with Crippen LogP contribution in [0.4, 0.5) is 0 Å². The van der Waals surface area contributed by atoms with Crippen LogP contribution in [0.3, 0.4) is 0 Å². The van der Waals surface area contributed by atoms with Gasteiger partial charge in [-0.25, -0.2) is 9.78 Å². The first kappa shape index (κ1) is 28.0. The first-order valence-electron chi connectivity index (χ1n) is 11.5. The zero-order valence-electron chi connectivity index (χ0n) is 20.8. The summed E-state index contributed by atoms with van der Waals surface area (Å²) in [5.74, 6) is 1.40. The van der Waals surface area contributed by atoms with E-state index >= 15 is 0 Å². The van der Waals surface area contributed by atoms with E-state index in [1.165, 1.54) is 6.92 Å². The number of aryl methyl sites for hydroxylation is 2. The van der Waals surface area contributed by atoms with Crippen molar-refractivity contribution in [2.24, 2.45) is 0 Å². The molecule has 3 rings (SSSR count). The van der Waals surface area contributed by atoms with E-state index < -0.39 is 11.5 Å². The molecule has 0 saturated carbocycles. The zero-order chi connectivity index (χ0) is 26.6. The number of hydrogen-bond acceptors (Lipinski definition) is 8. The van der Waals surface area contributed by atoms with Gasteiger partial charge in [-0.15, -0.1) is 0 Å². The lowest BCUT2D eigenvalue weighted by Gasteiger charge is -2.31. The minimum absolute atomic E-state index is 0.250. The first-order valence-corrected chi connectivity index (χ1v) is 11.5. The molecule has 9 nitrogen and oxygen atoms in total. The van der Waals surface area contributed by atoms with Gasteiger partial charge >= 0.3 is 12.1 Å². The summed E-state index contributed by atoms with van der Waals surface area (Å²) in [6.07, 6.45) is 3.39. The Bertz CT molecular complexity index is 1160. The minimum atomic E-state index is -1.03. The van der Waals surface area contributed by atoms with Crippen molar-refractivity contribution < 1.29 is 33.1 Å². The van der Waals surface area contributed by atoms with Gasteiger partial charge in [0.1, 0.15) is 29.0 Å². The predicted molar refractivity (Wildman–Crippen MR) is 130 cm³/mol. The molecule has 0 aliphatic rings. The molecular weight excluding hydrogens is 464 g/mol. The molecule has 1 amide bonds. The number of aromatic nitrogens is 1. The maximum absolute atomic E-state index is 12.6. The largest absolute Gasteiger partial charge is 0.464 e. The van der Waals surface area contributed by atoms with Crippen LogP contribution in [0.25, 0.3) is 11.3 Å². The summed E-state index contributed by atoms with van der Waals surface area (Å²) in [4.78, 5) is 44.8. The molecular formula is C27H30N2O7. The fourth-order valence-corrected chi connectivity index (χ4v) is 3.64. The monoisotopic (exact) mass is 494 g/mol. The average Bonchev–Trinajstić information content (AvgIpc) is 3.30. The van der Waals surface area contributed by atoms with Gasteiger partial charge in [-0.2, -0.15) is 9.59 Å². The van der Waals surface area contributed by atoms with Crippen LogP contribution in [0.15, 0.2) is 59.2 Å². The predicted octanol–water partition coefficient (Wildman–Crippen LogP) is 4.64. The van der Waals surface area contributed by atoms with Crippen molar-refractivity contribution >= 4 is 18.0 Å². The molecule has 36 heavy (non-hydrogen) atoms. The highest BCUT2D eigenvalue weighted by Gasteiger charge is 2.38. The molecule has 190 valence electrons. The van der Waals surface area contributed by atoms with Crippen molar-refractivity contribution in [3.63, 3.8) is 0 Å². The quantitative estimate of drug-likeness (QED) is 0.404. The molecule has 0 spiro atoms. The number of oxazole rings is 1. The number of ether oxygens (including phenoxy) is 2. The minimum Gasteiger partial charge on any atom is -0.464 e. The lowest BCUT2D eigenvalue weighted by Crippen LogP contribution is -2.54. The molecule has 1 N–H and O–H groups in total. The number of amides is 1. The van der Waals surface area contributed by atoms with Gasteiger partial charge in [-0.1, -0.05) is 19.1 Å². The van der Waals surface area contributed by atoms with Crippen LogP contribution in [-0.2, 0) is 30.3 Å². The van der Waals surface area contributed by atoms with E-state index in [1.54, 1.807) is 13.2 Å². The number of rotatable bonds is 10. The topological polar surface area (TPSA) is 125 Å². The lowest BCUT2D eigenvalue weighted by atomic mass is 9.88. The van der Waals surface area contributed by atoms with Gasteiger partial charge in [0.05, 0.1) is 6.61 Å². The molecule has 2 aromatic carbocycles. The summed E-state index contributed by atoms with van der Waals surface area (Å²) in [5.41, 5.74) is 1.75. The summed E-state index contributed by atoms with van der Waals surface area (Å²) in [6, 6.07) is 15.3. The molecule has 3 aromatic rings. The molecule has 0 fully saturated rings. The number of esters is 1. The van der Waals surface area contributed by atoms with Crippen molar-refractivity contribution in [3.05, 3.63) is 66.2 Å². The number of benzene rings is 2. The highest BCUT2D eigenvalue weighted by molar-refractivity contribution is 5.87. The van der Waals surface area contributed by atoms with Gasteiger partial charge in [0.15, 0.2) is 5.89 Å². The molecule has 1 unspecified atom stereocenters. The van der Waals surface area contributed by atoms with Crippen LogP contribution >= 0.6 is 0 Å². The number of hydrogen-bond donors (Lipinski definition) is 1. The standard InChI is InChI=1S/C26H30N2O5.CO2/c1-5-26(28-18(3)29,25(30)31-6-2)16-15-20-7-11-22(12-8-20)33-23-13-9-21(10-14-23)24-17-32-19(4)27-24;2-1-3/h7-14,17H,5-6,15-16H2,1-4H3,(H,28,29);. The second-order valence-electron chi connectivity index (χ2n) is 7.94. The summed E-state index contributed by atoms with van der Waals surface area (Å²) < 4.78 is 16.4. The van der Waals surface area contributed by atoms with Gasteiger partial charge < -0.3 is 19.2 Å². The third-order valence-electron chi connectivity index (χ3n) is 5.45. The molecule has 1 aromatic heterocycles. The number of nitrogens with one attached hydrogen (secondary N) is 1. The van der Waals surface area contributed by atoms with Crippen LogP contribution in [0, 0.1) is 6.92 Å². The molecule has 0 aliphatic heterocycles. The van der Waals surface area contributed by atoms with E-state index in [4.69, 9.17) is 23.5 Å². The number of carbonyl (C=O) groups is 2. The first-order chi connectivity index (χ1) is 17.3. The Balaban J connectivity index is 0.00000145. The maximum Gasteiger partial charge on any atom is 0.373 e. The van der Waals surface area contributed by atoms with E-state index in [-0.39, 0.29) is 18.7 Å². The number of carbonyl (C=O) groups excluding carboxylic acids is 4. The highest BCUT2D eigenvalue weighted by atomic mass is 16.5. The molecule has 1 atom stereocenters. The highest BCUT2D eigenvalue weighted by Crippen LogP contribution is 2.27. The fraction of sp³-hybridized carbons (Fsp3) is 0.333. The number of nitrogens with zero attached hydrogens (tertiary/aromatic N) is 1. The van der Waals surface area contributed by atoms with Crippen molar-refractivity contribution in [2.45, 2.75) is 52.5 Å². The third kappa shape index (κ3) is 7.92. The van der Waals surface area contributed by atoms with E-state index in [0.29, 0.717) is 36.7 Å². The second kappa shape index (κ2) is 13.6. The normalized spacial score (nSPS) is 11.8. The summed E-state index contributed by atoms with van der Waals surface area (Å²) in [5, 5.41) is 2.81. The average molecular weight is 495 g/mol. The van der Waals surface area contributed by atoms with Crippen LogP contribution in [-0.4, -0.2) is 35.2 Å². The SMILES string of the molecule is CCOC(=O)C(CC)(CCc1ccc(Oc2ccc(-c3coc(C)n3)cc2)cc1)NC(C)=O.O=C=O. The second-order valence-corrected chi connectivity index (χ2v) is 7.94. The van der Waals surface area contributed by atoms with Crippen LogP contribution in [0.2, 0.25) is 0 Å². The van der Waals surface area contributed by atoms with Gasteiger partial charge in [0.25, 0.3) is 0 Å². The van der Waals surface area contributed by atoms with Gasteiger partial charge in [0.2, 0.25) is 5.91 Å². The molecule has 0 radical (unpaired) electrons. The Morgan fingerprint density at radius 2 is 1.61 bits per heavy atom. The smallest absolute Gasteiger partial charge is 0.373 e. The molecule has 0 aliphatic carbocycles. The van der Waals surface area contributed by atoms with E-state index in [1.807, 2.05) is 62.4 Å². The van der Waals surface area contributed by atoms with Crippen molar-refractivity contribution in [2.75, 3.05) is 6.61 Å². The molecule has 9 heteroatoms. The Morgan fingerprint density at radius 1 is 1.03 bits per heavy atom. The maximum atomic E-state index is 12.6. The van der Waals surface area contributed by atoms with Gasteiger partial charge in [-0.3, -0.25) is 4.79 Å². The molecule has 0 saturated heterocycles. The Hall–Kier alpha value is -4.23.